The van der Waals surface area contributed by atoms with Crippen LogP contribution in [-0.4, -0.2) is 24.3 Å². The zero-order chi connectivity index (χ0) is 12.0. The van der Waals surface area contributed by atoms with Crippen LogP contribution >= 0.6 is 0 Å². The summed E-state index contributed by atoms with van der Waals surface area (Å²) in [5.74, 6) is 0.342. The summed E-state index contributed by atoms with van der Waals surface area (Å²) in [6, 6.07) is 0. The van der Waals surface area contributed by atoms with Gasteiger partial charge in [-0.1, -0.05) is 19.1 Å². The van der Waals surface area contributed by atoms with E-state index in [4.69, 9.17) is 0 Å². The smallest absolute Gasteiger partial charge is 0.305 e. The van der Waals surface area contributed by atoms with E-state index >= 15 is 0 Å². The number of rotatable bonds is 5. The highest BCUT2D eigenvalue weighted by Gasteiger charge is 2.35. The molecule has 0 saturated heterocycles. The van der Waals surface area contributed by atoms with Gasteiger partial charge in [-0.05, 0) is 37.5 Å². The lowest BCUT2D eigenvalue weighted by atomic mass is 9.89. The van der Waals surface area contributed by atoms with Gasteiger partial charge in [-0.3, -0.25) is 4.79 Å². The van der Waals surface area contributed by atoms with E-state index in [0.717, 1.165) is 25.7 Å². The summed E-state index contributed by atoms with van der Waals surface area (Å²) in [5, 5.41) is 9.86. The summed E-state index contributed by atoms with van der Waals surface area (Å²) in [4.78, 5) is 11.2. The molecule has 0 aromatic rings. The third-order valence-corrected chi connectivity index (χ3v) is 3.40. The maximum atomic E-state index is 11.2. The number of hydrogen-bond donors (Lipinski definition) is 1. The van der Waals surface area contributed by atoms with Gasteiger partial charge >= 0.3 is 5.97 Å². The fourth-order valence-electron chi connectivity index (χ4n) is 2.45. The van der Waals surface area contributed by atoms with Crippen LogP contribution in [0.25, 0.3) is 0 Å². The molecule has 92 valence electrons. The third kappa shape index (κ3) is 3.63. The van der Waals surface area contributed by atoms with Crippen molar-refractivity contribution in [2.24, 2.45) is 11.8 Å². The Labute approximate surface area is 97.5 Å². The van der Waals surface area contributed by atoms with Gasteiger partial charge in [-0.25, -0.2) is 0 Å². The minimum atomic E-state index is -0.254. The summed E-state index contributed by atoms with van der Waals surface area (Å²) in [7, 11) is 1.42. The Kier molecular flexibility index (Phi) is 5.53. The van der Waals surface area contributed by atoms with E-state index in [0.29, 0.717) is 6.42 Å². The van der Waals surface area contributed by atoms with Crippen LogP contribution in [0.5, 0.6) is 0 Å². The summed E-state index contributed by atoms with van der Waals surface area (Å²) in [5.41, 5.74) is 0. The minimum absolute atomic E-state index is 0.163. The summed E-state index contributed by atoms with van der Waals surface area (Å²) < 4.78 is 4.68. The first-order valence-electron chi connectivity index (χ1n) is 6.08. The van der Waals surface area contributed by atoms with Gasteiger partial charge in [-0.15, -0.1) is 0 Å². The number of esters is 1. The van der Waals surface area contributed by atoms with Gasteiger partial charge in [0.15, 0.2) is 0 Å². The van der Waals surface area contributed by atoms with E-state index < -0.39 is 0 Å². The highest BCUT2D eigenvalue weighted by Crippen LogP contribution is 2.37. The molecule has 1 rings (SSSR count). The Bertz CT molecular complexity index is 248. The molecule has 16 heavy (non-hydrogen) atoms. The molecule has 0 aromatic heterocycles. The lowest BCUT2D eigenvalue weighted by Gasteiger charge is -2.19. The van der Waals surface area contributed by atoms with Crippen LogP contribution in [0.4, 0.5) is 0 Å². The lowest BCUT2D eigenvalue weighted by molar-refractivity contribution is -0.142. The Hall–Kier alpha value is -0.830. The fraction of sp³-hybridized carbons (Fsp3) is 0.769. The summed E-state index contributed by atoms with van der Waals surface area (Å²) in [6.07, 6.45) is 8.05. The van der Waals surface area contributed by atoms with Crippen molar-refractivity contribution in [3.05, 3.63) is 12.2 Å². The third-order valence-electron chi connectivity index (χ3n) is 3.40. The Morgan fingerprint density at radius 1 is 1.44 bits per heavy atom. The largest absolute Gasteiger partial charge is 0.469 e. The number of carbonyl (C=O) groups excluding carboxylic acids is 1. The van der Waals surface area contributed by atoms with E-state index in [9.17, 15) is 9.90 Å². The Morgan fingerprint density at radius 3 is 2.81 bits per heavy atom. The standard InChI is InChI=1S/C13H22O3/c1-3-4-5-6-11-10(7-8-12(11)14)9-13(15)16-2/h4-5,10-12,14H,3,6-9H2,1-2H3/b5-4-/t10-,11+,12-/m1/s1. The van der Waals surface area contributed by atoms with Crippen molar-refractivity contribution in [1.29, 1.82) is 0 Å². The number of allylic oxidation sites excluding steroid dienone is 2. The molecule has 1 aliphatic carbocycles. The molecule has 1 saturated carbocycles. The molecule has 3 heteroatoms. The van der Waals surface area contributed by atoms with Crippen molar-refractivity contribution >= 4 is 5.97 Å². The topological polar surface area (TPSA) is 46.5 Å². The van der Waals surface area contributed by atoms with Crippen molar-refractivity contribution in [2.45, 2.75) is 45.1 Å². The first-order valence-corrected chi connectivity index (χ1v) is 6.08. The van der Waals surface area contributed by atoms with Crippen LogP contribution in [0.1, 0.15) is 39.0 Å². The number of methoxy groups -OCH3 is 1. The molecular weight excluding hydrogens is 204 g/mol. The number of ether oxygens (including phenoxy) is 1. The molecule has 0 amide bonds. The SMILES string of the molecule is CC/C=C\C[C@H]1[C@@H](CC(=O)OC)CC[C@H]1O. The van der Waals surface area contributed by atoms with Gasteiger partial charge in [0.1, 0.15) is 0 Å². The molecule has 0 heterocycles. The maximum Gasteiger partial charge on any atom is 0.305 e. The Balaban J connectivity index is 2.48. The molecule has 3 nitrogen and oxygen atoms in total. The molecule has 0 aliphatic heterocycles. The van der Waals surface area contributed by atoms with Gasteiger partial charge in [0.2, 0.25) is 0 Å². The van der Waals surface area contributed by atoms with Crippen LogP contribution in [0.2, 0.25) is 0 Å². The van der Waals surface area contributed by atoms with Crippen molar-refractivity contribution in [1.82, 2.24) is 0 Å². The van der Waals surface area contributed by atoms with E-state index in [1.807, 2.05) is 0 Å². The fourth-order valence-corrected chi connectivity index (χ4v) is 2.45. The van der Waals surface area contributed by atoms with Crippen LogP contribution in [0.15, 0.2) is 12.2 Å². The van der Waals surface area contributed by atoms with E-state index in [1.165, 1.54) is 7.11 Å². The van der Waals surface area contributed by atoms with E-state index in [1.54, 1.807) is 0 Å². The van der Waals surface area contributed by atoms with Gasteiger partial charge < -0.3 is 9.84 Å². The normalized spacial score (nSPS) is 29.8. The number of aliphatic hydroxyl groups is 1. The van der Waals surface area contributed by atoms with Crippen molar-refractivity contribution in [3.63, 3.8) is 0 Å². The molecule has 1 fully saturated rings. The predicted molar refractivity (Wildman–Crippen MR) is 62.9 cm³/mol. The second kappa shape index (κ2) is 6.69. The molecule has 0 aromatic carbocycles. The number of aliphatic hydroxyl groups excluding tert-OH is 1. The molecule has 3 atom stereocenters. The molecule has 0 radical (unpaired) electrons. The van der Waals surface area contributed by atoms with Gasteiger partial charge in [0, 0.05) is 6.42 Å². The van der Waals surface area contributed by atoms with Gasteiger partial charge in [0.25, 0.3) is 0 Å². The molecule has 0 unspecified atom stereocenters. The lowest BCUT2D eigenvalue weighted by Crippen LogP contribution is -2.21. The minimum Gasteiger partial charge on any atom is -0.469 e. The number of carbonyl (C=O) groups is 1. The first-order chi connectivity index (χ1) is 7.69. The second-order valence-electron chi connectivity index (χ2n) is 4.46. The molecule has 1 N–H and O–H groups in total. The highest BCUT2D eigenvalue weighted by atomic mass is 16.5. The second-order valence-corrected chi connectivity index (χ2v) is 4.46. The van der Waals surface area contributed by atoms with Crippen LogP contribution < -0.4 is 0 Å². The van der Waals surface area contributed by atoms with E-state index in [-0.39, 0.29) is 23.9 Å². The monoisotopic (exact) mass is 226 g/mol. The quantitative estimate of drug-likeness (QED) is 0.578. The molecule has 0 bridgehead atoms. The average molecular weight is 226 g/mol. The zero-order valence-corrected chi connectivity index (χ0v) is 10.2. The van der Waals surface area contributed by atoms with Crippen LogP contribution in [-0.2, 0) is 9.53 Å². The van der Waals surface area contributed by atoms with Gasteiger partial charge in [-0.2, -0.15) is 0 Å². The van der Waals surface area contributed by atoms with E-state index in [2.05, 4.69) is 23.8 Å². The number of hydrogen-bond acceptors (Lipinski definition) is 3. The summed E-state index contributed by atoms with van der Waals surface area (Å²) in [6.45, 7) is 2.09. The predicted octanol–water partition coefficient (Wildman–Crippen LogP) is 2.29. The molecule has 1 aliphatic rings. The first kappa shape index (κ1) is 13.2. The van der Waals surface area contributed by atoms with Crippen molar-refractivity contribution in [3.8, 4) is 0 Å². The zero-order valence-electron chi connectivity index (χ0n) is 10.2. The maximum absolute atomic E-state index is 11.2. The Morgan fingerprint density at radius 2 is 2.19 bits per heavy atom. The average Bonchev–Trinajstić information content (AvgIpc) is 2.61. The van der Waals surface area contributed by atoms with Crippen molar-refractivity contribution in [2.75, 3.05) is 7.11 Å². The van der Waals surface area contributed by atoms with Crippen LogP contribution in [0, 0.1) is 11.8 Å². The molecular formula is C13H22O3. The van der Waals surface area contributed by atoms with Crippen molar-refractivity contribution < 1.29 is 14.6 Å². The highest BCUT2D eigenvalue weighted by molar-refractivity contribution is 5.69. The van der Waals surface area contributed by atoms with Crippen LogP contribution in [0.3, 0.4) is 0 Å². The summed E-state index contributed by atoms with van der Waals surface area (Å²) >= 11 is 0. The van der Waals surface area contributed by atoms with Gasteiger partial charge in [0.05, 0.1) is 13.2 Å². The molecule has 0 spiro atoms.